The first kappa shape index (κ1) is 11.6. The summed E-state index contributed by atoms with van der Waals surface area (Å²) in [5, 5.41) is 0. The van der Waals surface area contributed by atoms with Crippen LogP contribution in [0.1, 0.15) is 29.5 Å². The summed E-state index contributed by atoms with van der Waals surface area (Å²) in [6.07, 6.45) is 2.29. The highest BCUT2D eigenvalue weighted by atomic mass is 15.1. The number of likely N-dealkylation sites (tertiary alicyclic amines) is 1. The van der Waals surface area contributed by atoms with Crippen molar-refractivity contribution in [1.82, 2.24) is 4.90 Å². The molecule has 1 saturated heterocycles. The second-order valence-corrected chi connectivity index (χ2v) is 5.04. The van der Waals surface area contributed by atoms with Gasteiger partial charge in [-0.2, -0.15) is 0 Å². The number of nitrogens with two attached hydrogens (primary N) is 1. The number of hydrogen-bond acceptors (Lipinski definition) is 2. The fraction of sp³-hybridized carbons (Fsp3) is 0.571. The molecule has 1 fully saturated rings. The van der Waals surface area contributed by atoms with Crippen LogP contribution in [0.5, 0.6) is 0 Å². The topological polar surface area (TPSA) is 29.3 Å². The number of hydrogen-bond donors (Lipinski definition) is 1. The van der Waals surface area contributed by atoms with Gasteiger partial charge < -0.3 is 5.73 Å². The summed E-state index contributed by atoms with van der Waals surface area (Å²) in [6.45, 7) is 7.73. The van der Waals surface area contributed by atoms with Crippen LogP contribution in [0, 0.1) is 13.8 Å². The molecular formula is C14H22N2. The van der Waals surface area contributed by atoms with E-state index in [-0.39, 0.29) is 0 Å². The quantitative estimate of drug-likeness (QED) is 0.825. The summed E-state index contributed by atoms with van der Waals surface area (Å²) in [4.78, 5) is 2.51. The Morgan fingerprint density at radius 1 is 1.25 bits per heavy atom. The minimum Gasteiger partial charge on any atom is -0.328 e. The number of nitrogens with zero attached hydrogens (tertiary/aromatic N) is 1. The van der Waals surface area contributed by atoms with Crippen LogP contribution in [0.25, 0.3) is 0 Å². The predicted molar refractivity (Wildman–Crippen MR) is 68.4 cm³/mol. The lowest BCUT2D eigenvalue weighted by Gasteiger charge is -2.30. The van der Waals surface area contributed by atoms with Crippen molar-refractivity contribution < 1.29 is 0 Å². The van der Waals surface area contributed by atoms with Crippen LogP contribution < -0.4 is 5.73 Å². The Hall–Kier alpha value is -0.860. The van der Waals surface area contributed by atoms with E-state index in [2.05, 4.69) is 36.9 Å². The van der Waals surface area contributed by atoms with Crippen molar-refractivity contribution in [2.45, 2.75) is 39.3 Å². The van der Waals surface area contributed by atoms with Gasteiger partial charge in [0.15, 0.2) is 0 Å². The molecule has 1 aliphatic rings. The van der Waals surface area contributed by atoms with E-state index in [9.17, 15) is 0 Å². The van der Waals surface area contributed by atoms with E-state index >= 15 is 0 Å². The molecule has 2 heteroatoms. The van der Waals surface area contributed by atoms with Crippen molar-refractivity contribution in [3.8, 4) is 0 Å². The number of aryl methyl sites for hydroxylation is 2. The van der Waals surface area contributed by atoms with Gasteiger partial charge in [0, 0.05) is 12.6 Å². The Morgan fingerprint density at radius 2 is 1.94 bits per heavy atom. The van der Waals surface area contributed by atoms with Crippen molar-refractivity contribution in [3.05, 3.63) is 34.9 Å². The largest absolute Gasteiger partial charge is 0.328 e. The molecule has 2 N–H and O–H groups in total. The minimum absolute atomic E-state index is 0.426. The van der Waals surface area contributed by atoms with Gasteiger partial charge in [0.1, 0.15) is 0 Å². The lowest BCUT2D eigenvalue weighted by atomic mass is 10.0. The van der Waals surface area contributed by atoms with Crippen LogP contribution in [0.4, 0.5) is 0 Å². The smallest absolute Gasteiger partial charge is 0.0236 e. The van der Waals surface area contributed by atoms with Crippen LogP contribution in [0.3, 0.4) is 0 Å². The van der Waals surface area contributed by atoms with Crippen LogP contribution >= 0.6 is 0 Å². The fourth-order valence-corrected chi connectivity index (χ4v) is 2.38. The molecule has 1 heterocycles. The SMILES string of the molecule is Cc1ccc(CN2CCC(N)CC2)c(C)c1. The normalized spacial score (nSPS) is 18.9. The number of rotatable bonds is 2. The van der Waals surface area contributed by atoms with E-state index in [0.29, 0.717) is 6.04 Å². The molecule has 16 heavy (non-hydrogen) atoms. The zero-order valence-corrected chi connectivity index (χ0v) is 10.4. The average Bonchev–Trinajstić information content (AvgIpc) is 2.25. The second kappa shape index (κ2) is 4.98. The molecule has 1 aliphatic heterocycles. The van der Waals surface area contributed by atoms with Crippen LogP contribution in [0.2, 0.25) is 0 Å². The zero-order chi connectivity index (χ0) is 11.5. The number of benzene rings is 1. The molecule has 0 aromatic heterocycles. The summed E-state index contributed by atoms with van der Waals surface area (Å²) in [5.74, 6) is 0. The maximum Gasteiger partial charge on any atom is 0.0236 e. The molecule has 0 amide bonds. The first-order valence-electron chi connectivity index (χ1n) is 6.19. The van der Waals surface area contributed by atoms with Crippen molar-refractivity contribution in [2.24, 2.45) is 5.73 Å². The summed E-state index contributed by atoms with van der Waals surface area (Å²) in [5.41, 5.74) is 10.1. The first-order valence-corrected chi connectivity index (χ1v) is 6.19. The molecule has 0 unspecified atom stereocenters. The maximum absolute atomic E-state index is 5.91. The molecule has 1 aromatic rings. The molecule has 2 nitrogen and oxygen atoms in total. The lowest BCUT2D eigenvalue weighted by Crippen LogP contribution is -2.39. The van der Waals surface area contributed by atoms with Gasteiger partial charge in [0.05, 0.1) is 0 Å². The Bertz CT molecular complexity index is 352. The van der Waals surface area contributed by atoms with E-state index in [1.165, 1.54) is 16.7 Å². The van der Waals surface area contributed by atoms with Gasteiger partial charge in [-0.1, -0.05) is 23.8 Å². The molecule has 2 rings (SSSR count). The molecule has 0 bridgehead atoms. The molecule has 0 atom stereocenters. The van der Waals surface area contributed by atoms with Crippen LogP contribution in [-0.2, 0) is 6.54 Å². The highest BCUT2D eigenvalue weighted by Crippen LogP contribution is 2.16. The lowest BCUT2D eigenvalue weighted by molar-refractivity contribution is 0.205. The molecule has 0 saturated carbocycles. The third kappa shape index (κ3) is 2.83. The molecule has 0 aliphatic carbocycles. The van der Waals surface area contributed by atoms with Crippen molar-refractivity contribution in [3.63, 3.8) is 0 Å². The van der Waals surface area contributed by atoms with Crippen molar-refractivity contribution in [2.75, 3.05) is 13.1 Å². The van der Waals surface area contributed by atoms with Crippen LogP contribution in [0.15, 0.2) is 18.2 Å². The first-order chi connectivity index (χ1) is 7.65. The Balaban J connectivity index is 1.98. The van der Waals surface area contributed by atoms with E-state index in [1.807, 2.05) is 0 Å². The maximum atomic E-state index is 5.91. The summed E-state index contributed by atoms with van der Waals surface area (Å²) >= 11 is 0. The Kier molecular flexibility index (Phi) is 3.62. The van der Waals surface area contributed by atoms with Crippen molar-refractivity contribution >= 4 is 0 Å². The summed E-state index contributed by atoms with van der Waals surface area (Å²) in [7, 11) is 0. The monoisotopic (exact) mass is 218 g/mol. The predicted octanol–water partition coefficient (Wildman–Crippen LogP) is 2.23. The van der Waals surface area contributed by atoms with Gasteiger partial charge >= 0.3 is 0 Å². The summed E-state index contributed by atoms with van der Waals surface area (Å²) in [6, 6.07) is 7.16. The molecule has 0 spiro atoms. The van der Waals surface area contributed by atoms with E-state index in [0.717, 1.165) is 32.5 Å². The minimum atomic E-state index is 0.426. The average molecular weight is 218 g/mol. The van der Waals surface area contributed by atoms with E-state index < -0.39 is 0 Å². The molecule has 1 aromatic carbocycles. The highest BCUT2D eigenvalue weighted by Gasteiger charge is 2.16. The van der Waals surface area contributed by atoms with Gasteiger partial charge in [0.25, 0.3) is 0 Å². The van der Waals surface area contributed by atoms with Gasteiger partial charge in [-0.05, 0) is 50.9 Å². The Labute approximate surface area is 98.4 Å². The van der Waals surface area contributed by atoms with Gasteiger partial charge in [-0.15, -0.1) is 0 Å². The zero-order valence-electron chi connectivity index (χ0n) is 10.4. The van der Waals surface area contributed by atoms with Crippen molar-refractivity contribution in [1.29, 1.82) is 0 Å². The highest BCUT2D eigenvalue weighted by molar-refractivity contribution is 5.30. The molecular weight excluding hydrogens is 196 g/mol. The Morgan fingerprint density at radius 3 is 2.56 bits per heavy atom. The van der Waals surface area contributed by atoms with Gasteiger partial charge in [-0.25, -0.2) is 0 Å². The second-order valence-electron chi connectivity index (χ2n) is 5.04. The molecule has 88 valence electrons. The van der Waals surface area contributed by atoms with Gasteiger partial charge in [-0.3, -0.25) is 4.90 Å². The standard InChI is InChI=1S/C14H22N2/c1-11-3-4-13(12(2)9-11)10-16-7-5-14(15)6-8-16/h3-4,9,14H,5-8,10,15H2,1-2H3. The third-order valence-electron chi connectivity index (χ3n) is 3.52. The summed E-state index contributed by atoms with van der Waals surface area (Å²) < 4.78 is 0. The van der Waals surface area contributed by atoms with Crippen LogP contribution in [-0.4, -0.2) is 24.0 Å². The van der Waals surface area contributed by atoms with E-state index in [1.54, 1.807) is 0 Å². The number of piperidine rings is 1. The molecule has 0 radical (unpaired) electrons. The van der Waals surface area contributed by atoms with E-state index in [4.69, 9.17) is 5.73 Å². The van der Waals surface area contributed by atoms with Gasteiger partial charge in [0.2, 0.25) is 0 Å². The third-order valence-corrected chi connectivity index (χ3v) is 3.52. The fourth-order valence-electron chi connectivity index (χ4n) is 2.38.